The highest BCUT2D eigenvalue weighted by atomic mass is 35.5. The molecule has 0 bridgehead atoms. The van der Waals surface area contributed by atoms with Gasteiger partial charge in [-0.1, -0.05) is 29.3 Å². The van der Waals surface area contributed by atoms with Crippen molar-refractivity contribution < 1.29 is 5.11 Å². The van der Waals surface area contributed by atoms with Crippen LogP contribution in [0.15, 0.2) is 36.5 Å². The number of hydrogen-bond acceptors (Lipinski definition) is 4. The third-order valence-corrected chi connectivity index (χ3v) is 3.17. The van der Waals surface area contributed by atoms with E-state index in [2.05, 4.69) is 20.2 Å². The average Bonchev–Trinajstić information content (AvgIpc) is 2.93. The lowest BCUT2D eigenvalue weighted by Crippen LogP contribution is -1.85. The standard InChI is InChI=1S/C13H8Cl2N4O/c14-7-5-8(11(20)9(15)6-7)12-17-13(19-18-12)10-3-1-2-4-16-10/h1-6,20H,(H,17,18,19). The Hall–Kier alpha value is -2.11. The lowest BCUT2D eigenvalue weighted by molar-refractivity contribution is 0.477. The Kier molecular flexibility index (Phi) is 3.30. The van der Waals surface area contributed by atoms with Crippen LogP contribution in [0.25, 0.3) is 22.9 Å². The summed E-state index contributed by atoms with van der Waals surface area (Å²) in [7, 11) is 0. The number of rotatable bonds is 2. The van der Waals surface area contributed by atoms with Gasteiger partial charge in [-0.05, 0) is 24.3 Å². The van der Waals surface area contributed by atoms with Gasteiger partial charge >= 0.3 is 0 Å². The summed E-state index contributed by atoms with van der Waals surface area (Å²) in [5, 5.41) is 17.3. The molecule has 7 heteroatoms. The van der Waals surface area contributed by atoms with E-state index in [0.717, 1.165) is 0 Å². The van der Waals surface area contributed by atoms with E-state index in [1.165, 1.54) is 6.07 Å². The molecule has 0 aliphatic heterocycles. The second-order valence-corrected chi connectivity index (χ2v) is 4.85. The van der Waals surface area contributed by atoms with Crippen LogP contribution in [-0.2, 0) is 0 Å². The van der Waals surface area contributed by atoms with Crippen molar-refractivity contribution >= 4 is 23.2 Å². The molecule has 5 nitrogen and oxygen atoms in total. The van der Waals surface area contributed by atoms with Crippen molar-refractivity contribution in [1.82, 2.24) is 20.2 Å². The highest BCUT2D eigenvalue weighted by Gasteiger charge is 2.15. The van der Waals surface area contributed by atoms with Gasteiger partial charge in [-0.2, -0.15) is 5.10 Å². The van der Waals surface area contributed by atoms with Crippen LogP contribution in [0.1, 0.15) is 0 Å². The molecule has 2 N–H and O–H groups in total. The molecule has 0 spiro atoms. The number of nitrogens with one attached hydrogen (secondary N) is 1. The first-order valence-electron chi connectivity index (χ1n) is 5.67. The summed E-state index contributed by atoms with van der Waals surface area (Å²) in [5.74, 6) is 0.698. The Morgan fingerprint density at radius 3 is 2.75 bits per heavy atom. The molecule has 2 aromatic heterocycles. The highest BCUT2D eigenvalue weighted by molar-refractivity contribution is 6.36. The number of H-pyrrole nitrogens is 1. The Labute approximate surface area is 124 Å². The number of aromatic nitrogens is 4. The summed E-state index contributed by atoms with van der Waals surface area (Å²) in [6.07, 6.45) is 1.65. The minimum Gasteiger partial charge on any atom is -0.506 e. The van der Waals surface area contributed by atoms with E-state index in [0.29, 0.717) is 27.9 Å². The Bertz CT molecular complexity index is 758. The molecule has 20 heavy (non-hydrogen) atoms. The van der Waals surface area contributed by atoms with E-state index in [1.54, 1.807) is 24.4 Å². The summed E-state index contributed by atoms with van der Waals surface area (Å²) >= 11 is 11.8. The SMILES string of the molecule is Oc1c(Cl)cc(Cl)cc1-c1nc(-c2ccccn2)n[nH]1. The highest BCUT2D eigenvalue weighted by Crippen LogP contribution is 2.36. The summed E-state index contributed by atoms with van der Waals surface area (Å²) in [4.78, 5) is 8.44. The van der Waals surface area contributed by atoms with Gasteiger partial charge in [0.2, 0.25) is 0 Å². The maximum atomic E-state index is 9.96. The van der Waals surface area contributed by atoms with Crippen LogP contribution in [0.5, 0.6) is 5.75 Å². The van der Waals surface area contributed by atoms with E-state index in [-0.39, 0.29) is 10.8 Å². The first-order valence-corrected chi connectivity index (χ1v) is 6.43. The summed E-state index contributed by atoms with van der Waals surface area (Å²) < 4.78 is 0. The van der Waals surface area contributed by atoms with Gasteiger partial charge in [-0.25, -0.2) is 4.98 Å². The van der Waals surface area contributed by atoms with E-state index >= 15 is 0 Å². The monoisotopic (exact) mass is 306 g/mol. The van der Waals surface area contributed by atoms with Crippen molar-refractivity contribution in [3.05, 3.63) is 46.6 Å². The molecule has 100 valence electrons. The van der Waals surface area contributed by atoms with Crippen molar-refractivity contribution in [3.63, 3.8) is 0 Å². The second kappa shape index (κ2) is 5.11. The third-order valence-electron chi connectivity index (χ3n) is 2.66. The van der Waals surface area contributed by atoms with Crippen LogP contribution in [0.4, 0.5) is 0 Å². The van der Waals surface area contributed by atoms with Crippen molar-refractivity contribution in [2.24, 2.45) is 0 Å². The van der Waals surface area contributed by atoms with Crippen LogP contribution < -0.4 is 0 Å². The topological polar surface area (TPSA) is 74.7 Å². The summed E-state index contributed by atoms with van der Waals surface area (Å²) in [5.41, 5.74) is 1.01. The van der Waals surface area contributed by atoms with E-state index in [4.69, 9.17) is 23.2 Å². The maximum absolute atomic E-state index is 9.96. The van der Waals surface area contributed by atoms with E-state index < -0.39 is 0 Å². The Morgan fingerprint density at radius 1 is 1.15 bits per heavy atom. The first kappa shape index (κ1) is 12.9. The Morgan fingerprint density at radius 2 is 2.00 bits per heavy atom. The summed E-state index contributed by atoms with van der Waals surface area (Å²) in [6, 6.07) is 8.45. The quantitative estimate of drug-likeness (QED) is 0.759. The van der Waals surface area contributed by atoms with Crippen molar-refractivity contribution in [2.45, 2.75) is 0 Å². The fourth-order valence-corrected chi connectivity index (χ4v) is 2.23. The zero-order chi connectivity index (χ0) is 14.1. The predicted octanol–water partition coefficient (Wildman–Crippen LogP) is 3.55. The molecule has 3 aromatic rings. The number of aromatic amines is 1. The fraction of sp³-hybridized carbons (Fsp3) is 0. The molecule has 0 aliphatic rings. The molecule has 0 amide bonds. The molecular formula is C13H8Cl2N4O. The zero-order valence-electron chi connectivity index (χ0n) is 10.0. The molecule has 0 unspecified atom stereocenters. The molecule has 0 saturated carbocycles. The normalized spacial score (nSPS) is 10.7. The number of nitrogens with zero attached hydrogens (tertiary/aromatic N) is 3. The maximum Gasteiger partial charge on any atom is 0.200 e. The molecule has 0 saturated heterocycles. The lowest BCUT2D eigenvalue weighted by atomic mass is 10.2. The molecule has 0 atom stereocenters. The van der Waals surface area contributed by atoms with Gasteiger partial charge in [-0.3, -0.25) is 10.1 Å². The van der Waals surface area contributed by atoms with E-state index in [1.807, 2.05) is 6.07 Å². The van der Waals surface area contributed by atoms with Gasteiger partial charge in [0, 0.05) is 11.2 Å². The van der Waals surface area contributed by atoms with Gasteiger partial charge < -0.3 is 5.11 Å². The number of phenols is 1. The minimum atomic E-state index is -0.0974. The lowest BCUT2D eigenvalue weighted by Gasteiger charge is -2.03. The van der Waals surface area contributed by atoms with Crippen molar-refractivity contribution in [2.75, 3.05) is 0 Å². The molecule has 0 aliphatic carbocycles. The number of halogens is 2. The van der Waals surface area contributed by atoms with Crippen molar-refractivity contribution in [1.29, 1.82) is 0 Å². The number of pyridine rings is 1. The minimum absolute atomic E-state index is 0.0974. The number of hydrogen-bond donors (Lipinski definition) is 2. The molecule has 0 fully saturated rings. The molecule has 1 aromatic carbocycles. The second-order valence-electron chi connectivity index (χ2n) is 4.01. The van der Waals surface area contributed by atoms with Gasteiger partial charge in [0.05, 0.1) is 10.6 Å². The third kappa shape index (κ3) is 2.33. The molecular weight excluding hydrogens is 299 g/mol. The van der Waals surface area contributed by atoms with Crippen LogP contribution in [0.3, 0.4) is 0 Å². The molecule has 2 heterocycles. The zero-order valence-corrected chi connectivity index (χ0v) is 11.5. The largest absolute Gasteiger partial charge is 0.506 e. The van der Waals surface area contributed by atoms with Gasteiger partial charge in [0.1, 0.15) is 11.4 Å². The molecule has 3 rings (SSSR count). The predicted molar refractivity (Wildman–Crippen MR) is 76.7 cm³/mol. The van der Waals surface area contributed by atoms with Gasteiger partial charge in [-0.15, -0.1) is 0 Å². The van der Waals surface area contributed by atoms with Gasteiger partial charge in [0.15, 0.2) is 11.6 Å². The summed E-state index contributed by atoms with van der Waals surface area (Å²) in [6.45, 7) is 0. The van der Waals surface area contributed by atoms with Crippen LogP contribution in [0.2, 0.25) is 10.0 Å². The fourth-order valence-electron chi connectivity index (χ4n) is 1.74. The average molecular weight is 307 g/mol. The van der Waals surface area contributed by atoms with Gasteiger partial charge in [0.25, 0.3) is 0 Å². The van der Waals surface area contributed by atoms with Crippen LogP contribution in [-0.4, -0.2) is 25.3 Å². The van der Waals surface area contributed by atoms with Crippen LogP contribution >= 0.6 is 23.2 Å². The number of aromatic hydroxyl groups is 1. The smallest absolute Gasteiger partial charge is 0.200 e. The van der Waals surface area contributed by atoms with E-state index in [9.17, 15) is 5.11 Å². The first-order chi connectivity index (χ1) is 9.65. The number of benzene rings is 1. The van der Waals surface area contributed by atoms with Crippen molar-refractivity contribution in [3.8, 4) is 28.7 Å². The van der Waals surface area contributed by atoms with Crippen LogP contribution in [0, 0.1) is 0 Å². The molecule has 0 radical (unpaired) electrons. The number of phenolic OH excluding ortho intramolecular Hbond substituents is 1. The Balaban J connectivity index is 2.07.